The topological polar surface area (TPSA) is 101 Å². The molecule has 2 aromatic heterocycles. The van der Waals surface area contributed by atoms with Crippen LogP contribution in [0.15, 0.2) is 91.5 Å². The normalized spacial score (nSPS) is 17.2. The summed E-state index contributed by atoms with van der Waals surface area (Å²) in [4.78, 5) is 44.2. The molecular weight excluding hydrogens is 485 g/mol. The molecular formula is C29H22FN5O3. The molecule has 1 aliphatic rings. The summed E-state index contributed by atoms with van der Waals surface area (Å²) in [5, 5.41) is 0. The van der Waals surface area contributed by atoms with Crippen LogP contribution in [0.25, 0.3) is 22.2 Å². The minimum atomic E-state index is -1.66. The number of benzene rings is 3. The van der Waals surface area contributed by atoms with Gasteiger partial charge >= 0.3 is 6.09 Å². The van der Waals surface area contributed by atoms with E-state index in [1.54, 1.807) is 24.5 Å². The lowest BCUT2D eigenvalue weighted by Crippen LogP contribution is -2.42. The zero-order valence-electron chi connectivity index (χ0n) is 20.2. The smallest absolute Gasteiger partial charge is 0.418 e. The number of carbonyl (C=O) groups is 2. The van der Waals surface area contributed by atoms with Gasteiger partial charge in [-0.1, -0.05) is 48.5 Å². The minimum Gasteiger partial charge on any atom is -0.424 e. The van der Waals surface area contributed by atoms with E-state index in [1.807, 2.05) is 48.5 Å². The van der Waals surface area contributed by atoms with Crippen molar-refractivity contribution in [3.05, 3.63) is 114 Å². The Balaban J connectivity index is 1.37. The highest BCUT2D eigenvalue weighted by molar-refractivity contribution is 6.03. The molecule has 0 unspecified atom stereocenters. The van der Waals surface area contributed by atoms with Crippen LogP contribution >= 0.6 is 0 Å². The summed E-state index contributed by atoms with van der Waals surface area (Å²) in [6, 6.07) is 21.0. The Morgan fingerprint density at radius 1 is 0.895 bits per heavy atom. The molecule has 3 heterocycles. The summed E-state index contributed by atoms with van der Waals surface area (Å²) < 4.78 is 19.2. The quantitative estimate of drug-likeness (QED) is 0.339. The van der Waals surface area contributed by atoms with E-state index in [1.165, 1.54) is 18.5 Å². The highest BCUT2D eigenvalue weighted by atomic mass is 19.1. The molecule has 3 aromatic carbocycles. The highest BCUT2D eigenvalue weighted by Crippen LogP contribution is 2.38. The van der Waals surface area contributed by atoms with Crippen molar-refractivity contribution in [3.63, 3.8) is 0 Å². The second-order valence-corrected chi connectivity index (χ2v) is 9.14. The number of imide groups is 1. The van der Waals surface area contributed by atoms with Crippen molar-refractivity contribution in [1.29, 1.82) is 0 Å². The maximum absolute atomic E-state index is 13.9. The first-order valence-electron chi connectivity index (χ1n) is 12.1. The number of nitrogens with one attached hydrogen (secondary N) is 1. The van der Waals surface area contributed by atoms with Crippen LogP contribution < -0.4 is 0 Å². The summed E-state index contributed by atoms with van der Waals surface area (Å²) in [6.45, 7) is 0.0955. The van der Waals surface area contributed by atoms with E-state index in [2.05, 4.69) is 15.0 Å². The van der Waals surface area contributed by atoms with E-state index in [0.717, 1.165) is 27.2 Å². The molecule has 0 radical (unpaired) electrons. The van der Waals surface area contributed by atoms with Gasteiger partial charge in [-0.05, 0) is 47.4 Å². The second-order valence-electron chi connectivity index (χ2n) is 9.14. The number of hydrogen-bond donors (Lipinski definition) is 1. The van der Waals surface area contributed by atoms with E-state index in [9.17, 15) is 14.0 Å². The first-order chi connectivity index (χ1) is 18.5. The maximum atomic E-state index is 13.9. The third-order valence-electron chi connectivity index (χ3n) is 6.66. The number of hydrogen-bond acceptors (Lipinski definition) is 6. The van der Waals surface area contributed by atoms with Crippen molar-refractivity contribution in [3.8, 4) is 11.1 Å². The third-order valence-corrected chi connectivity index (χ3v) is 6.66. The molecule has 188 valence electrons. The molecule has 1 atom stereocenters. The van der Waals surface area contributed by atoms with Crippen LogP contribution in [-0.4, -0.2) is 43.4 Å². The number of carbonyl (C=O) groups excluding carboxylic acids is 2. The van der Waals surface area contributed by atoms with E-state index >= 15 is 0 Å². The van der Waals surface area contributed by atoms with Crippen molar-refractivity contribution in [2.75, 3.05) is 6.54 Å². The van der Waals surface area contributed by atoms with Crippen LogP contribution in [0.2, 0.25) is 0 Å². The molecule has 2 amide bonds. The summed E-state index contributed by atoms with van der Waals surface area (Å²) in [7, 11) is 0. The zero-order valence-corrected chi connectivity index (χ0v) is 20.2. The van der Waals surface area contributed by atoms with Crippen LogP contribution in [0.4, 0.5) is 9.18 Å². The van der Waals surface area contributed by atoms with Crippen molar-refractivity contribution < 1.29 is 18.7 Å². The molecule has 6 rings (SSSR count). The number of ether oxygens (including phenoxy) is 1. The number of imidazole rings is 1. The number of amides is 2. The zero-order chi connectivity index (χ0) is 26.1. The van der Waals surface area contributed by atoms with Gasteiger partial charge < -0.3 is 9.72 Å². The van der Waals surface area contributed by atoms with Crippen LogP contribution in [0.3, 0.4) is 0 Å². The van der Waals surface area contributed by atoms with Crippen LogP contribution in [0, 0.1) is 5.82 Å². The van der Waals surface area contributed by atoms with Crippen LogP contribution in [-0.2, 0) is 28.0 Å². The van der Waals surface area contributed by atoms with Gasteiger partial charge in [0.05, 0.1) is 11.0 Å². The molecule has 1 aliphatic heterocycles. The molecule has 1 saturated heterocycles. The molecule has 9 heteroatoms. The van der Waals surface area contributed by atoms with E-state index in [0.29, 0.717) is 17.5 Å². The van der Waals surface area contributed by atoms with E-state index in [4.69, 9.17) is 9.72 Å². The van der Waals surface area contributed by atoms with E-state index in [-0.39, 0.29) is 24.6 Å². The number of nitrogens with zero attached hydrogens (tertiary/aromatic N) is 4. The summed E-state index contributed by atoms with van der Waals surface area (Å²) in [6.07, 6.45) is 4.63. The predicted molar refractivity (Wildman–Crippen MR) is 137 cm³/mol. The van der Waals surface area contributed by atoms with Gasteiger partial charge in [0.15, 0.2) is 5.82 Å². The van der Waals surface area contributed by atoms with Gasteiger partial charge in [0.25, 0.3) is 11.5 Å². The van der Waals surface area contributed by atoms with Crippen molar-refractivity contribution >= 4 is 23.0 Å². The van der Waals surface area contributed by atoms with Gasteiger partial charge in [0, 0.05) is 30.9 Å². The molecule has 0 spiro atoms. The minimum absolute atomic E-state index is 0.0955. The van der Waals surface area contributed by atoms with Crippen LogP contribution in [0.5, 0.6) is 0 Å². The van der Waals surface area contributed by atoms with Gasteiger partial charge in [-0.15, -0.1) is 0 Å². The number of aromatic amines is 1. The van der Waals surface area contributed by atoms with E-state index < -0.39 is 17.6 Å². The van der Waals surface area contributed by atoms with Crippen molar-refractivity contribution in [2.45, 2.75) is 18.4 Å². The van der Waals surface area contributed by atoms with Gasteiger partial charge in [-0.25, -0.2) is 29.0 Å². The first kappa shape index (κ1) is 23.5. The predicted octanol–water partition coefficient (Wildman–Crippen LogP) is 4.82. The molecule has 1 fully saturated rings. The molecule has 0 bridgehead atoms. The monoisotopic (exact) mass is 507 g/mol. The van der Waals surface area contributed by atoms with Gasteiger partial charge in [-0.3, -0.25) is 4.79 Å². The van der Waals surface area contributed by atoms with Gasteiger partial charge in [0.2, 0.25) is 0 Å². The average Bonchev–Trinajstić information content (AvgIpc) is 3.48. The molecule has 0 saturated carbocycles. The summed E-state index contributed by atoms with van der Waals surface area (Å²) in [5.74, 6) is -0.593. The number of rotatable bonds is 7. The van der Waals surface area contributed by atoms with Crippen molar-refractivity contribution in [2.24, 2.45) is 0 Å². The first-order valence-corrected chi connectivity index (χ1v) is 12.1. The summed E-state index contributed by atoms with van der Waals surface area (Å²) >= 11 is 0. The largest absolute Gasteiger partial charge is 0.424 e. The Kier molecular flexibility index (Phi) is 5.88. The lowest BCUT2D eigenvalue weighted by molar-refractivity contribution is -0.138. The number of aromatic nitrogens is 4. The lowest BCUT2D eigenvalue weighted by atomic mass is 9.92. The van der Waals surface area contributed by atoms with Gasteiger partial charge in [-0.2, -0.15) is 0 Å². The number of H-pyrrole nitrogens is 1. The fourth-order valence-corrected chi connectivity index (χ4v) is 4.69. The fraction of sp³-hybridized carbons (Fsp3) is 0.138. The number of fused-ring (bicyclic) bond motifs is 1. The Hall–Kier alpha value is -4.92. The standard InChI is InChI=1S/C29H22FN5O3/c30-23-9-6-19(7-10-23)12-13-35-27(36)29(38-28(35)37,15-20-4-2-1-3-5-20)26-33-24-11-8-21(14-25(24)34-26)22-16-31-18-32-17-22/h1-11,14,16-18H,12-13,15H2,(H,33,34)/t29-/m1/s1. The Labute approximate surface area is 217 Å². The Morgan fingerprint density at radius 3 is 2.42 bits per heavy atom. The van der Waals surface area contributed by atoms with Gasteiger partial charge in [0.1, 0.15) is 12.1 Å². The highest BCUT2D eigenvalue weighted by Gasteiger charge is 2.57. The average molecular weight is 508 g/mol. The Bertz CT molecular complexity index is 1620. The number of halogens is 1. The lowest BCUT2D eigenvalue weighted by Gasteiger charge is -2.23. The maximum Gasteiger partial charge on any atom is 0.418 e. The molecule has 1 N–H and O–H groups in total. The molecule has 5 aromatic rings. The summed E-state index contributed by atoms with van der Waals surface area (Å²) in [5.41, 5.74) is 2.98. The number of cyclic esters (lactones) is 1. The third kappa shape index (κ3) is 4.28. The molecule has 8 nitrogen and oxygen atoms in total. The van der Waals surface area contributed by atoms with Crippen molar-refractivity contribution in [1.82, 2.24) is 24.8 Å². The second kappa shape index (κ2) is 9.51. The fourth-order valence-electron chi connectivity index (χ4n) is 4.69. The molecule has 0 aliphatic carbocycles. The van der Waals surface area contributed by atoms with Crippen LogP contribution in [0.1, 0.15) is 17.0 Å². The SMILES string of the molecule is O=C1O[C@](Cc2ccccc2)(c2nc3ccc(-c4cncnc4)cc3[nH]2)C(=O)N1CCc1ccc(F)cc1. The Morgan fingerprint density at radius 2 is 1.66 bits per heavy atom. The molecule has 38 heavy (non-hydrogen) atoms.